The van der Waals surface area contributed by atoms with Crippen LogP contribution in [-0.2, 0) is 32.0 Å². The van der Waals surface area contributed by atoms with Gasteiger partial charge >= 0.3 is 5.97 Å². The number of carbonyl (C=O) groups is 4. The van der Waals surface area contributed by atoms with Gasteiger partial charge in [-0.3, -0.25) is 19.2 Å². The summed E-state index contributed by atoms with van der Waals surface area (Å²) in [6, 6.07) is 12.4. The number of rotatable bonds is 10. The first-order valence-electron chi connectivity index (χ1n) is 10.3. The minimum Gasteiger partial charge on any atom is -0.456 e. The Bertz CT molecular complexity index is 946. The van der Waals surface area contributed by atoms with E-state index in [4.69, 9.17) is 4.74 Å². The smallest absolute Gasteiger partial charge is 0.306 e. The number of hydrogen-bond donors (Lipinski definition) is 2. The second kappa shape index (κ2) is 11.6. The van der Waals surface area contributed by atoms with Crippen molar-refractivity contribution in [3.8, 4) is 0 Å². The summed E-state index contributed by atoms with van der Waals surface area (Å²) in [5.74, 6) is -1.55. The van der Waals surface area contributed by atoms with Gasteiger partial charge in [-0.15, -0.1) is 0 Å². The van der Waals surface area contributed by atoms with Crippen molar-refractivity contribution in [1.29, 1.82) is 0 Å². The number of ether oxygens (including phenoxy) is 1. The number of amides is 2. The van der Waals surface area contributed by atoms with Gasteiger partial charge < -0.3 is 15.4 Å². The molecule has 2 aromatic carbocycles. The minimum atomic E-state index is -0.637. The molecule has 0 saturated heterocycles. The number of Topliss-reactive ketones (excluding diaryl/α,β-unsaturated/α-hetero) is 1. The Balaban J connectivity index is 1.79. The summed E-state index contributed by atoms with van der Waals surface area (Å²) in [6.45, 7) is 5.04. The van der Waals surface area contributed by atoms with Crippen molar-refractivity contribution in [2.45, 2.75) is 46.5 Å². The maximum absolute atomic E-state index is 12.2. The van der Waals surface area contributed by atoms with E-state index >= 15 is 0 Å². The first-order chi connectivity index (χ1) is 14.8. The molecule has 164 valence electrons. The van der Waals surface area contributed by atoms with E-state index in [2.05, 4.69) is 10.6 Å². The SMILES string of the molecule is CCc1cccc(CC)c1NC(=O)COC(=O)CCC(=O)Nc1cccc(C(C)=O)c1. The fourth-order valence-electron chi connectivity index (χ4n) is 3.05. The number of hydrogen-bond acceptors (Lipinski definition) is 5. The first kappa shape index (κ1) is 23.8. The predicted octanol–water partition coefficient (Wildman–Crippen LogP) is 3.91. The number of anilines is 2. The molecule has 31 heavy (non-hydrogen) atoms. The molecule has 7 heteroatoms. The highest BCUT2D eigenvalue weighted by Gasteiger charge is 2.14. The van der Waals surface area contributed by atoms with Gasteiger partial charge in [0, 0.05) is 23.4 Å². The number of aryl methyl sites for hydroxylation is 2. The summed E-state index contributed by atoms with van der Waals surface area (Å²) in [5.41, 5.74) is 3.76. The van der Waals surface area contributed by atoms with Gasteiger partial charge in [0.25, 0.3) is 5.91 Å². The number of ketones is 1. The van der Waals surface area contributed by atoms with E-state index in [0.717, 1.165) is 29.7 Å². The summed E-state index contributed by atoms with van der Waals surface area (Å²) >= 11 is 0. The van der Waals surface area contributed by atoms with Crippen LogP contribution >= 0.6 is 0 Å². The molecule has 0 bridgehead atoms. The fraction of sp³-hybridized carbons (Fsp3) is 0.333. The lowest BCUT2D eigenvalue weighted by molar-refractivity contribution is -0.147. The standard InChI is InChI=1S/C24H28N2O5/c1-4-17-8-6-9-18(5-2)24(17)26-22(29)15-31-23(30)13-12-21(28)25-20-11-7-10-19(14-20)16(3)27/h6-11,14H,4-5,12-13,15H2,1-3H3,(H,25,28)(H,26,29). The number of carbonyl (C=O) groups excluding carboxylic acids is 4. The van der Waals surface area contributed by atoms with Crippen LogP contribution in [0.5, 0.6) is 0 Å². The van der Waals surface area contributed by atoms with Gasteiger partial charge in [-0.1, -0.05) is 44.2 Å². The molecule has 0 radical (unpaired) electrons. The van der Waals surface area contributed by atoms with Crippen LogP contribution in [-0.4, -0.2) is 30.2 Å². The average molecular weight is 424 g/mol. The molecular formula is C24H28N2O5. The lowest BCUT2D eigenvalue weighted by atomic mass is 10.0. The van der Waals surface area contributed by atoms with Gasteiger partial charge in [-0.25, -0.2) is 0 Å². The number of benzene rings is 2. The molecule has 0 heterocycles. The van der Waals surface area contributed by atoms with Gasteiger partial charge in [0.15, 0.2) is 12.4 Å². The number of para-hydroxylation sites is 1. The third-order valence-corrected chi connectivity index (χ3v) is 4.74. The summed E-state index contributed by atoms with van der Waals surface area (Å²) in [5, 5.41) is 5.46. The van der Waals surface area contributed by atoms with Gasteiger partial charge in [-0.05, 0) is 43.0 Å². The van der Waals surface area contributed by atoms with Gasteiger partial charge in [0.05, 0.1) is 6.42 Å². The second-order valence-electron chi connectivity index (χ2n) is 7.05. The Morgan fingerprint density at radius 3 is 2.10 bits per heavy atom. The molecular weight excluding hydrogens is 396 g/mol. The molecule has 0 saturated carbocycles. The third kappa shape index (κ3) is 7.37. The number of esters is 1. The molecule has 0 aliphatic heterocycles. The molecule has 0 unspecified atom stereocenters. The molecule has 0 aromatic heterocycles. The molecule has 0 aliphatic rings. The van der Waals surface area contributed by atoms with Crippen molar-refractivity contribution < 1.29 is 23.9 Å². The van der Waals surface area contributed by atoms with Crippen LogP contribution < -0.4 is 10.6 Å². The quantitative estimate of drug-likeness (QED) is 0.445. The van der Waals surface area contributed by atoms with Crippen molar-refractivity contribution in [2.75, 3.05) is 17.2 Å². The van der Waals surface area contributed by atoms with Crippen LogP contribution in [0.25, 0.3) is 0 Å². The summed E-state index contributed by atoms with van der Waals surface area (Å²) < 4.78 is 5.00. The Morgan fingerprint density at radius 1 is 0.839 bits per heavy atom. The van der Waals surface area contributed by atoms with Crippen LogP contribution in [0, 0.1) is 0 Å². The minimum absolute atomic E-state index is 0.0938. The maximum Gasteiger partial charge on any atom is 0.306 e. The first-order valence-corrected chi connectivity index (χ1v) is 10.3. The summed E-state index contributed by atoms with van der Waals surface area (Å²) in [7, 11) is 0. The molecule has 0 aliphatic carbocycles. The zero-order chi connectivity index (χ0) is 22.8. The van der Waals surface area contributed by atoms with E-state index in [9.17, 15) is 19.2 Å². The van der Waals surface area contributed by atoms with Crippen molar-refractivity contribution in [3.05, 3.63) is 59.2 Å². The van der Waals surface area contributed by atoms with E-state index in [0.29, 0.717) is 11.3 Å². The highest BCUT2D eigenvalue weighted by atomic mass is 16.5. The predicted molar refractivity (Wildman–Crippen MR) is 119 cm³/mol. The highest BCUT2D eigenvalue weighted by Crippen LogP contribution is 2.22. The molecule has 2 N–H and O–H groups in total. The maximum atomic E-state index is 12.2. The molecule has 0 spiro atoms. The van der Waals surface area contributed by atoms with Crippen molar-refractivity contribution in [2.24, 2.45) is 0 Å². The highest BCUT2D eigenvalue weighted by molar-refractivity contribution is 5.98. The topological polar surface area (TPSA) is 102 Å². The van der Waals surface area contributed by atoms with Crippen molar-refractivity contribution in [1.82, 2.24) is 0 Å². The van der Waals surface area contributed by atoms with Crippen LogP contribution in [0.2, 0.25) is 0 Å². The zero-order valence-corrected chi connectivity index (χ0v) is 18.1. The molecule has 2 amide bonds. The van der Waals surface area contributed by atoms with Crippen molar-refractivity contribution >= 4 is 34.9 Å². The summed E-state index contributed by atoms with van der Waals surface area (Å²) in [4.78, 5) is 47.6. The second-order valence-corrected chi connectivity index (χ2v) is 7.05. The zero-order valence-electron chi connectivity index (χ0n) is 18.1. The average Bonchev–Trinajstić information content (AvgIpc) is 2.76. The van der Waals surface area contributed by atoms with Crippen LogP contribution in [0.15, 0.2) is 42.5 Å². The van der Waals surface area contributed by atoms with Crippen LogP contribution in [0.4, 0.5) is 11.4 Å². The Morgan fingerprint density at radius 2 is 1.48 bits per heavy atom. The van der Waals surface area contributed by atoms with Crippen LogP contribution in [0.3, 0.4) is 0 Å². The van der Waals surface area contributed by atoms with E-state index in [-0.39, 0.29) is 24.5 Å². The largest absolute Gasteiger partial charge is 0.456 e. The van der Waals surface area contributed by atoms with Gasteiger partial charge in [0.2, 0.25) is 5.91 Å². The molecule has 2 aromatic rings. The van der Waals surface area contributed by atoms with Gasteiger partial charge in [-0.2, -0.15) is 0 Å². The third-order valence-electron chi connectivity index (χ3n) is 4.74. The Kier molecular flexibility index (Phi) is 8.94. The molecule has 7 nitrogen and oxygen atoms in total. The van der Waals surface area contributed by atoms with E-state index < -0.39 is 18.5 Å². The molecule has 0 atom stereocenters. The normalized spacial score (nSPS) is 10.3. The molecule has 2 rings (SSSR count). The van der Waals surface area contributed by atoms with E-state index in [1.165, 1.54) is 6.92 Å². The fourth-order valence-corrected chi connectivity index (χ4v) is 3.05. The lowest BCUT2D eigenvalue weighted by Gasteiger charge is -2.14. The Hall–Kier alpha value is -3.48. The summed E-state index contributed by atoms with van der Waals surface area (Å²) in [6.07, 6.45) is 1.29. The van der Waals surface area contributed by atoms with E-state index in [1.807, 2.05) is 32.0 Å². The number of nitrogens with one attached hydrogen (secondary N) is 2. The Labute approximate surface area is 182 Å². The van der Waals surface area contributed by atoms with Gasteiger partial charge in [0.1, 0.15) is 0 Å². The van der Waals surface area contributed by atoms with Crippen molar-refractivity contribution in [3.63, 3.8) is 0 Å². The van der Waals surface area contributed by atoms with Crippen LogP contribution in [0.1, 0.15) is 55.1 Å². The molecule has 0 fully saturated rings. The lowest BCUT2D eigenvalue weighted by Crippen LogP contribution is -2.23. The monoisotopic (exact) mass is 424 g/mol. The van der Waals surface area contributed by atoms with E-state index in [1.54, 1.807) is 24.3 Å².